The molecule has 2 rings (SSSR count). The van der Waals surface area contributed by atoms with Gasteiger partial charge in [0.1, 0.15) is 0 Å². The van der Waals surface area contributed by atoms with Gasteiger partial charge in [-0.15, -0.1) is 0 Å². The molecule has 0 radical (unpaired) electrons. The fourth-order valence-corrected chi connectivity index (χ4v) is 4.06. The van der Waals surface area contributed by atoms with E-state index in [1.807, 2.05) is 0 Å². The van der Waals surface area contributed by atoms with E-state index in [1.165, 1.54) is 71.2 Å². The van der Waals surface area contributed by atoms with Crippen LogP contribution in [0, 0.1) is 5.41 Å². The maximum Gasteiger partial charge on any atom is 0.0113 e. The lowest BCUT2D eigenvalue weighted by Crippen LogP contribution is -2.50. The Balaban J connectivity index is 1.85. The Kier molecular flexibility index (Phi) is 5.67. The van der Waals surface area contributed by atoms with Gasteiger partial charge in [0.05, 0.1) is 0 Å². The molecule has 0 spiro atoms. The molecular formula is C16H33N3. The molecule has 0 aromatic rings. The Labute approximate surface area is 119 Å². The first kappa shape index (κ1) is 15.3. The third kappa shape index (κ3) is 4.17. The average Bonchev–Trinajstić information content (AvgIpc) is 2.40. The van der Waals surface area contributed by atoms with E-state index in [2.05, 4.69) is 36.1 Å². The van der Waals surface area contributed by atoms with Crippen LogP contribution in [0.3, 0.4) is 0 Å². The molecule has 112 valence electrons. The minimum absolute atomic E-state index is 0.567. The first-order valence-corrected chi connectivity index (χ1v) is 8.25. The molecule has 0 aromatic carbocycles. The summed E-state index contributed by atoms with van der Waals surface area (Å²) in [4.78, 5) is 5.14. The van der Waals surface area contributed by atoms with Crippen molar-refractivity contribution in [3.8, 4) is 0 Å². The van der Waals surface area contributed by atoms with E-state index in [0.717, 1.165) is 6.04 Å². The average molecular weight is 267 g/mol. The second kappa shape index (κ2) is 7.05. The van der Waals surface area contributed by atoms with Gasteiger partial charge in [-0.25, -0.2) is 0 Å². The Bertz CT molecular complexity index is 245. The van der Waals surface area contributed by atoms with Gasteiger partial charge < -0.3 is 15.1 Å². The van der Waals surface area contributed by atoms with Crippen LogP contribution in [0.5, 0.6) is 0 Å². The van der Waals surface area contributed by atoms with Gasteiger partial charge in [-0.1, -0.05) is 13.3 Å². The summed E-state index contributed by atoms with van der Waals surface area (Å²) in [6.07, 6.45) is 8.23. The van der Waals surface area contributed by atoms with Crippen LogP contribution in [-0.4, -0.2) is 62.7 Å². The molecule has 19 heavy (non-hydrogen) atoms. The Morgan fingerprint density at radius 3 is 2.53 bits per heavy atom. The zero-order valence-corrected chi connectivity index (χ0v) is 13.2. The number of nitrogens with one attached hydrogen (secondary N) is 1. The van der Waals surface area contributed by atoms with Gasteiger partial charge in [0.2, 0.25) is 0 Å². The van der Waals surface area contributed by atoms with Crippen molar-refractivity contribution >= 4 is 0 Å². The largest absolute Gasteiger partial charge is 0.316 e. The number of piperidine rings is 2. The SMILES string of the molecule is CCCC1(CN2CCC(N(C)C)CC2)CCCNC1. The van der Waals surface area contributed by atoms with Gasteiger partial charge in [0.15, 0.2) is 0 Å². The third-order valence-corrected chi connectivity index (χ3v) is 5.19. The highest BCUT2D eigenvalue weighted by atomic mass is 15.2. The highest BCUT2D eigenvalue weighted by Gasteiger charge is 2.34. The summed E-state index contributed by atoms with van der Waals surface area (Å²) in [6.45, 7) is 8.74. The Morgan fingerprint density at radius 2 is 2.00 bits per heavy atom. The summed E-state index contributed by atoms with van der Waals surface area (Å²) in [6, 6.07) is 0.808. The van der Waals surface area contributed by atoms with Gasteiger partial charge >= 0.3 is 0 Å². The minimum Gasteiger partial charge on any atom is -0.316 e. The van der Waals surface area contributed by atoms with Crippen LogP contribution >= 0.6 is 0 Å². The van der Waals surface area contributed by atoms with E-state index >= 15 is 0 Å². The van der Waals surface area contributed by atoms with E-state index in [0.29, 0.717) is 5.41 Å². The minimum atomic E-state index is 0.567. The van der Waals surface area contributed by atoms with Gasteiger partial charge in [-0.2, -0.15) is 0 Å². The van der Waals surface area contributed by atoms with Gasteiger partial charge in [-0.05, 0) is 71.2 Å². The fourth-order valence-electron chi connectivity index (χ4n) is 4.06. The van der Waals surface area contributed by atoms with Crippen LogP contribution in [0.1, 0.15) is 45.4 Å². The summed E-state index contributed by atoms with van der Waals surface area (Å²) in [5, 5.41) is 3.64. The molecule has 2 fully saturated rings. The van der Waals surface area contributed by atoms with Gasteiger partial charge in [0, 0.05) is 19.1 Å². The quantitative estimate of drug-likeness (QED) is 0.824. The van der Waals surface area contributed by atoms with Crippen LogP contribution in [0.15, 0.2) is 0 Å². The molecule has 2 aliphatic rings. The van der Waals surface area contributed by atoms with E-state index in [-0.39, 0.29) is 0 Å². The van der Waals surface area contributed by atoms with Crippen molar-refractivity contribution in [1.82, 2.24) is 15.1 Å². The molecular weight excluding hydrogens is 234 g/mol. The molecule has 1 N–H and O–H groups in total. The van der Waals surface area contributed by atoms with Crippen molar-refractivity contribution in [3.63, 3.8) is 0 Å². The normalized spacial score (nSPS) is 30.9. The number of rotatable bonds is 5. The van der Waals surface area contributed by atoms with Crippen LogP contribution in [-0.2, 0) is 0 Å². The van der Waals surface area contributed by atoms with Crippen molar-refractivity contribution in [2.45, 2.75) is 51.5 Å². The van der Waals surface area contributed by atoms with Crippen molar-refractivity contribution in [2.75, 3.05) is 46.8 Å². The van der Waals surface area contributed by atoms with Gasteiger partial charge in [-0.3, -0.25) is 0 Å². The summed E-state index contributed by atoms with van der Waals surface area (Å²) in [5.41, 5.74) is 0.567. The van der Waals surface area contributed by atoms with Crippen LogP contribution in [0.25, 0.3) is 0 Å². The molecule has 3 heteroatoms. The number of hydrogen-bond donors (Lipinski definition) is 1. The predicted octanol–water partition coefficient (Wildman–Crippen LogP) is 2.18. The van der Waals surface area contributed by atoms with Gasteiger partial charge in [0.25, 0.3) is 0 Å². The second-order valence-corrected chi connectivity index (χ2v) is 7.00. The zero-order valence-electron chi connectivity index (χ0n) is 13.2. The Hall–Kier alpha value is -0.120. The summed E-state index contributed by atoms with van der Waals surface area (Å²) in [7, 11) is 4.45. The fraction of sp³-hybridized carbons (Fsp3) is 1.00. The summed E-state index contributed by atoms with van der Waals surface area (Å²) >= 11 is 0. The van der Waals surface area contributed by atoms with Crippen molar-refractivity contribution in [1.29, 1.82) is 0 Å². The molecule has 2 aliphatic heterocycles. The van der Waals surface area contributed by atoms with E-state index in [4.69, 9.17) is 0 Å². The third-order valence-electron chi connectivity index (χ3n) is 5.19. The number of hydrogen-bond acceptors (Lipinski definition) is 3. The lowest BCUT2D eigenvalue weighted by Gasteiger charge is -2.44. The van der Waals surface area contributed by atoms with Crippen molar-refractivity contribution in [2.24, 2.45) is 5.41 Å². The molecule has 3 nitrogen and oxygen atoms in total. The monoisotopic (exact) mass is 267 g/mol. The lowest BCUT2D eigenvalue weighted by atomic mass is 9.76. The van der Waals surface area contributed by atoms with E-state index in [1.54, 1.807) is 0 Å². The first-order chi connectivity index (χ1) is 9.15. The van der Waals surface area contributed by atoms with Crippen LogP contribution in [0.2, 0.25) is 0 Å². The predicted molar refractivity (Wildman–Crippen MR) is 82.6 cm³/mol. The topological polar surface area (TPSA) is 18.5 Å². The molecule has 0 bridgehead atoms. The zero-order chi connectivity index (χ0) is 13.7. The number of likely N-dealkylation sites (tertiary alicyclic amines) is 1. The summed E-state index contributed by atoms with van der Waals surface area (Å²) < 4.78 is 0. The number of nitrogens with zero attached hydrogens (tertiary/aromatic N) is 2. The molecule has 2 saturated heterocycles. The molecule has 0 amide bonds. The standard InChI is InChI=1S/C16H33N3/c1-4-8-16(9-5-10-17-13-16)14-19-11-6-15(7-12-19)18(2)3/h15,17H,4-14H2,1-3H3. The van der Waals surface area contributed by atoms with Crippen molar-refractivity contribution in [3.05, 3.63) is 0 Å². The van der Waals surface area contributed by atoms with E-state index < -0.39 is 0 Å². The summed E-state index contributed by atoms with van der Waals surface area (Å²) in [5.74, 6) is 0. The highest BCUT2D eigenvalue weighted by molar-refractivity contribution is 4.89. The second-order valence-electron chi connectivity index (χ2n) is 7.00. The molecule has 1 atom stereocenters. The van der Waals surface area contributed by atoms with Crippen LogP contribution < -0.4 is 5.32 Å². The molecule has 1 unspecified atom stereocenters. The molecule has 0 aromatic heterocycles. The first-order valence-electron chi connectivity index (χ1n) is 8.25. The molecule has 0 aliphatic carbocycles. The maximum atomic E-state index is 3.64. The molecule has 2 heterocycles. The van der Waals surface area contributed by atoms with E-state index in [9.17, 15) is 0 Å². The smallest absolute Gasteiger partial charge is 0.0113 e. The highest BCUT2D eigenvalue weighted by Crippen LogP contribution is 2.33. The maximum absolute atomic E-state index is 3.64. The van der Waals surface area contributed by atoms with Crippen LogP contribution in [0.4, 0.5) is 0 Å². The van der Waals surface area contributed by atoms with Crippen molar-refractivity contribution < 1.29 is 0 Å². The lowest BCUT2D eigenvalue weighted by molar-refractivity contribution is 0.0714. The Morgan fingerprint density at radius 1 is 1.26 bits per heavy atom. The molecule has 0 saturated carbocycles.